The molecule has 154 valence electrons. The summed E-state index contributed by atoms with van der Waals surface area (Å²) in [6.07, 6.45) is -11.0. The summed E-state index contributed by atoms with van der Waals surface area (Å²) in [5, 5.41) is 32.7. The molecule has 29 heavy (non-hydrogen) atoms. The first kappa shape index (κ1) is 21.5. The van der Waals surface area contributed by atoms with E-state index in [1.807, 2.05) is 0 Å². The average Bonchev–Trinajstić information content (AvgIpc) is 2.58. The van der Waals surface area contributed by atoms with Crippen molar-refractivity contribution in [2.45, 2.75) is 12.4 Å². The van der Waals surface area contributed by atoms with Crippen molar-refractivity contribution in [2.24, 2.45) is 0 Å². The number of hydrogen-bond acceptors (Lipinski definition) is 6. The molecular weight excluding hydrogens is 420 g/mol. The largest absolute Gasteiger partial charge is 0.423 e. The predicted octanol–water partition coefficient (Wildman–Crippen LogP) is 5.12. The van der Waals surface area contributed by atoms with Gasteiger partial charge in [-0.25, -0.2) is 0 Å². The highest BCUT2D eigenvalue weighted by Gasteiger charge is 2.47. The Kier molecular flexibility index (Phi) is 5.19. The molecule has 0 atom stereocenters. The summed E-state index contributed by atoms with van der Waals surface area (Å²) in [5.74, 6) is 0. The first-order valence-corrected chi connectivity index (χ1v) is 7.05. The molecule has 0 aliphatic heterocycles. The number of nitrogens with zero attached hydrogens (tertiary/aromatic N) is 3. The lowest BCUT2D eigenvalue weighted by molar-refractivity contribution is -0.424. The van der Waals surface area contributed by atoms with Crippen LogP contribution in [0.5, 0.6) is 0 Å². The van der Waals surface area contributed by atoms with E-state index in [4.69, 9.17) is 0 Å². The van der Waals surface area contributed by atoms with Gasteiger partial charge in [0.2, 0.25) is 0 Å². The predicted molar refractivity (Wildman–Crippen MR) is 81.8 cm³/mol. The van der Waals surface area contributed by atoms with Crippen molar-refractivity contribution in [2.75, 3.05) is 0 Å². The van der Waals surface area contributed by atoms with Gasteiger partial charge in [0.15, 0.2) is 0 Å². The fourth-order valence-electron chi connectivity index (χ4n) is 2.54. The van der Waals surface area contributed by atoms with E-state index >= 15 is 0 Å². The summed E-state index contributed by atoms with van der Waals surface area (Å²) in [5.41, 5.74) is -11.5. The Morgan fingerprint density at radius 2 is 1.24 bits per heavy atom. The zero-order chi connectivity index (χ0) is 22.3. The first-order chi connectivity index (χ1) is 13.2. The molecule has 0 aliphatic carbocycles. The molecule has 0 fully saturated rings. The molecule has 0 saturated heterocycles. The zero-order valence-electron chi connectivity index (χ0n) is 13.4. The molecule has 2 aromatic carbocycles. The molecule has 0 amide bonds. The Morgan fingerprint density at radius 3 is 1.66 bits per heavy atom. The maximum atomic E-state index is 13.5. The second-order valence-corrected chi connectivity index (χ2v) is 5.35. The number of benzene rings is 2. The summed E-state index contributed by atoms with van der Waals surface area (Å²) in [7, 11) is 0. The highest BCUT2D eigenvalue weighted by Crippen LogP contribution is 2.49. The van der Waals surface area contributed by atoms with E-state index < -0.39 is 66.4 Å². The molecule has 0 aliphatic rings. The molecule has 0 bridgehead atoms. The average molecular weight is 425 g/mol. The van der Waals surface area contributed by atoms with Crippen LogP contribution >= 0.6 is 0 Å². The van der Waals surface area contributed by atoms with Crippen molar-refractivity contribution in [3.05, 3.63) is 71.8 Å². The highest BCUT2D eigenvalue weighted by atomic mass is 19.4. The topological polar surface area (TPSA) is 129 Å². The van der Waals surface area contributed by atoms with Crippen LogP contribution in [0.3, 0.4) is 0 Å². The number of hydrogen-bond donors (Lipinski definition) is 0. The third kappa shape index (κ3) is 4.07. The molecule has 0 radical (unpaired) electrons. The SMILES string of the molecule is O=[N+]([O-])c1ccc(-c2ccc([N+](=O)[O-])c([N+](=O)[O-])c2C(F)(F)F)c(C(F)(F)F)c1. The van der Waals surface area contributed by atoms with Crippen LogP contribution in [0.1, 0.15) is 11.1 Å². The third-order valence-corrected chi connectivity index (χ3v) is 3.63. The molecule has 0 N–H and O–H groups in total. The van der Waals surface area contributed by atoms with Crippen LogP contribution in [-0.4, -0.2) is 14.8 Å². The van der Waals surface area contributed by atoms with E-state index in [2.05, 4.69) is 0 Å². The fourth-order valence-corrected chi connectivity index (χ4v) is 2.54. The van der Waals surface area contributed by atoms with Gasteiger partial charge in [-0.3, -0.25) is 30.3 Å². The lowest BCUT2D eigenvalue weighted by Crippen LogP contribution is -2.15. The summed E-state index contributed by atoms with van der Waals surface area (Å²) in [6.45, 7) is 0. The van der Waals surface area contributed by atoms with E-state index in [0.717, 1.165) is 0 Å². The van der Waals surface area contributed by atoms with Crippen molar-refractivity contribution in [1.82, 2.24) is 0 Å². The van der Waals surface area contributed by atoms with Gasteiger partial charge in [-0.2, -0.15) is 26.3 Å². The van der Waals surface area contributed by atoms with E-state index in [1.165, 1.54) is 0 Å². The van der Waals surface area contributed by atoms with Crippen molar-refractivity contribution >= 4 is 17.1 Å². The summed E-state index contributed by atoms with van der Waals surface area (Å²) >= 11 is 0. The van der Waals surface area contributed by atoms with Gasteiger partial charge in [0.25, 0.3) is 5.69 Å². The van der Waals surface area contributed by atoms with E-state index in [-0.39, 0.29) is 18.2 Å². The number of alkyl halides is 6. The molecule has 0 aromatic heterocycles. The second kappa shape index (κ2) is 6.99. The van der Waals surface area contributed by atoms with Gasteiger partial charge in [0.05, 0.1) is 20.3 Å². The summed E-state index contributed by atoms with van der Waals surface area (Å²) < 4.78 is 80.5. The Hall–Kier alpha value is -3.78. The van der Waals surface area contributed by atoms with Crippen LogP contribution in [0.15, 0.2) is 30.3 Å². The van der Waals surface area contributed by atoms with Gasteiger partial charge in [0, 0.05) is 23.8 Å². The van der Waals surface area contributed by atoms with E-state index in [9.17, 15) is 56.7 Å². The van der Waals surface area contributed by atoms with Gasteiger partial charge >= 0.3 is 23.7 Å². The van der Waals surface area contributed by atoms with Crippen molar-refractivity contribution < 1.29 is 41.1 Å². The van der Waals surface area contributed by atoms with Crippen molar-refractivity contribution in [3.8, 4) is 11.1 Å². The molecule has 2 rings (SSSR count). The van der Waals surface area contributed by atoms with Crippen LogP contribution in [0.25, 0.3) is 11.1 Å². The Morgan fingerprint density at radius 1 is 0.690 bits per heavy atom. The van der Waals surface area contributed by atoms with Crippen LogP contribution in [0.2, 0.25) is 0 Å². The van der Waals surface area contributed by atoms with E-state index in [0.29, 0.717) is 12.1 Å². The first-order valence-electron chi connectivity index (χ1n) is 7.05. The second-order valence-electron chi connectivity index (χ2n) is 5.35. The van der Waals surface area contributed by atoms with Crippen LogP contribution < -0.4 is 0 Å². The normalized spacial score (nSPS) is 11.9. The minimum atomic E-state index is -5.66. The maximum absolute atomic E-state index is 13.5. The van der Waals surface area contributed by atoms with Gasteiger partial charge in [-0.15, -0.1) is 0 Å². The summed E-state index contributed by atoms with van der Waals surface area (Å²) in [4.78, 5) is 28.2. The van der Waals surface area contributed by atoms with Crippen molar-refractivity contribution in [3.63, 3.8) is 0 Å². The van der Waals surface area contributed by atoms with Gasteiger partial charge in [-0.05, 0) is 17.7 Å². The zero-order valence-corrected chi connectivity index (χ0v) is 13.4. The van der Waals surface area contributed by atoms with Crippen molar-refractivity contribution in [1.29, 1.82) is 0 Å². The number of rotatable bonds is 4. The monoisotopic (exact) mass is 425 g/mol. The highest BCUT2D eigenvalue weighted by molar-refractivity contribution is 5.80. The molecule has 0 spiro atoms. The fraction of sp³-hybridized carbons (Fsp3) is 0.143. The number of nitro benzene ring substituents is 3. The van der Waals surface area contributed by atoms with Gasteiger partial charge in [0.1, 0.15) is 5.56 Å². The molecule has 0 saturated carbocycles. The number of non-ortho nitro benzene ring substituents is 1. The standard InChI is InChI=1S/C14H5F6N3O6/c15-13(16,17)9-5-6(21(24)25)1-2-7(9)8-3-4-10(22(26)27)12(23(28)29)11(8)14(18,19)20/h1-5H. The maximum Gasteiger partial charge on any atom is 0.423 e. The number of nitro groups is 3. The van der Waals surface area contributed by atoms with Crippen LogP contribution in [0.4, 0.5) is 43.4 Å². The minimum absolute atomic E-state index is 0.0390. The quantitative estimate of drug-likeness (QED) is 0.380. The lowest BCUT2D eigenvalue weighted by atomic mass is 9.92. The molecule has 0 unspecified atom stereocenters. The molecule has 2 aromatic rings. The Balaban J connectivity index is 3.03. The molecule has 15 heteroatoms. The van der Waals surface area contributed by atoms with E-state index in [1.54, 1.807) is 0 Å². The number of halogens is 6. The molecular formula is C14H5F6N3O6. The minimum Gasteiger partial charge on any atom is -0.258 e. The molecule has 9 nitrogen and oxygen atoms in total. The lowest BCUT2D eigenvalue weighted by Gasteiger charge is -2.17. The Bertz CT molecular complexity index is 1030. The summed E-state index contributed by atoms with van der Waals surface area (Å²) in [6, 6.07) is 1.29. The third-order valence-electron chi connectivity index (χ3n) is 3.63. The van der Waals surface area contributed by atoms with Gasteiger partial charge < -0.3 is 0 Å². The van der Waals surface area contributed by atoms with Crippen LogP contribution in [-0.2, 0) is 12.4 Å². The smallest absolute Gasteiger partial charge is 0.258 e. The Labute approximate surface area is 154 Å². The van der Waals surface area contributed by atoms with Crippen LogP contribution in [0, 0.1) is 30.3 Å². The van der Waals surface area contributed by atoms with Gasteiger partial charge in [-0.1, -0.05) is 0 Å². The molecule has 0 heterocycles.